The van der Waals surface area contributed by atoms with Crippen LogP contribution in [-0.2, 0) is 4.79 Å². The number of hydrogen-bond donors (Lipinski definition) is 9. The average molecular weight is 549 g/mol. The second-order valence-corrected chi connectivity index (χ2v) is 11.1. The van der Waals surface area contributed by atoms with Crippen molar-refractivity contribution in [3.63, 3.8) is 0 Å². The van der Waals surface area contributed by atoms with E-state index in [-0.39, 0.29) is 33.9 Å². The number of aromatic nitrogens is 2. The third-order valence-electron chi connectivity index (χ3n) is 6.82. The first-order valence-corrected chi connectivity index (χ1v) is 12.7. The Morgan fingerprint density at radius 2 is 1.79 bits per heavy atom. The Morgan fingerprint density at radius 3 is 2.32 bits per heavy atom. The maximum absolute atomic E-state index is 14.6. The van der Waals surface area contributed by atoms with Crippen LogP contribution >= 0.6 is 11.9 Å². The van der Waals surface area contributed by atoms with E-state index >= 15 is 0 Å². The summed E-state index contributed by atoms with van der Waals surface area (Å²) in [5.41, 5.74) is -6.39. The summed E-state index contributed by atoms with van der Waals surface area (Å²) in [5, 5.41) is 62.3. The molecule has 15 heteroatoms. The monoisotopic (exact) mass is 549 g/mol. The number of hydrogen-bond acceptors (Lipinski definition) is 12. The van der Waals surface area contributed by atoms with E-state index in [2.05, 4.69) is 27.5 Å². The van der Waals surface area contributed by atoms with Crippen LogP contribution in [0.2, 0.25) is 0 Å². The molecule has 12 nitrogen and oxygen atoms in total. The molecule has 1 amide bonds. The van der Waals surface area contributed by atoms with Crippen LogP contribution in [0.3, 0.4) is 0 Å². The number of rotatable bonds is 11. The fourth-order valence-corrected chi connectivity index (χ4v) is 4.91. The molecule has 2 radical (unpaired) electrons. The maximum Gasteiger partial charge on any atom is 0.326 e. The number of aliphatic hydroxyl groups is 6. The van der Waals surface area contributed by atoms with Gasteiger partial charge in [0.2, 0.25) is 11.9 Å². The largest absolute Gasteiger partial charge is 0.370 e. The number of benzene rings is 1. The van der Waals surface area contributed by atoms with Gasteiger partial charge in [0.05, 0.1) is 5.69 Å². The lowest BCUT2D eigenvalue weighted by molar-refractivity contribution is -0.435. The Bertz CT molecular complexity index is 1150. The van der Waals surface area contributed by atoms with Gasteiger partial charge in [0, 0.05) is 29.2 Å². The molecule has 1 aromatic heterocycles. The smallest absolute Gasteiger partial charge is 0.326 e. The standard InChI is InChI=1S/C23H29BFN5O7S/c1-20(4-5-20)29-18(31)8-12-6-13(7-12)14-10-26-19(27-11-14)28-17-3-2-15(9-16(17)25)38-30-21(32,22(24,33)34)23(35,36)37/h2-3,9-13,30,32-37H,4-8H2,1H3,(H,29,31)(H,26,27,28). The van der Waals surface area contributed by atoms with Gasteiger partial charge in [-0.2, -0.15) is 0 Å². The summed E-state index contributed by atoms with van der Waals surface area (Å²) in [4.78, 5) is 20.6. The van der Waals surface area contributed by atoms with Gasteiger partial charge in [-0.25, -0.2) is 19.1 Å². The third kappa shape index (κ3) is 6.43. The van der Waals surface area contributed by atoms with Crippen molar-refractivity contribution in [2.75, 3.05) is 5.32 Å². The third-order valence-corrected chi connectivity index (χ3v) is 7.70. The molecule has 2 saturated carbocycles. The van der Waals surface area contributed by atoms with Gasteiger partial charge in [-0.3, -0.25) is 4.79 Å². The highest BCUT2D eigenvalue weighted by molar-refractivity contribution is 7.97. The molecule has 0 saturated heterocycles. The quantitative estimate of drug-likeness (QED) is 0.100. The van der Waals surface area contributed by atoms with Crippen molar-refractivity contribution >= 4 is 37.3 Å². The van der Waals surface area contributed by atoms with E-state index in [1.54, 1.807) is 17.1 Å². The van der Waals surface area contributed by atoms with E-state index in [1.807, 2.05) is 0 Å². The van der Waals surface area contributed by atoms with E-state index in [1.165, 1.54) is 12.1 Å². The van der Waals surface area contributed by atoms with Crippen LogP contribution in [-0.4, -0.2) is 77.3 Å². The van der Waals surface area contributed by atoms with Crippen molar-refractivity contribution in [2.24, 2.45) is 5.92 Å². The van der Waals surface area contributed by atoms with Gasteiger partial charge in [0.15, 0.2) is 13.5 Å². The van der Waals surface area contributed by atoms with Gasteiger partial charge in [-0.1, -0.05) is 0 Å². The minimum atomic E-state index is -4.06. The lowest BCUT2D eigenvalue weighted by atomic mass is 9.70. The molecule has 1 unspecified atom stereocenters. The minimum Gasteiger partial charge on any atom is -0.370 e. The summed E-state index contributed by atoms with van der Waals surface area (Å²) >= 11 is 0.330. The van der Waals surface area contributed by atoms with Crippen molar-refractivity contribution in [3.05, 3.63) is 42.0 Å². The molecule has 0 spiro atoms. The van der Waals surface area contributed by atoms with Crippen LogP contribution in [0.15, 0.2) is 35.5 Å². The SMILES string of the molecule is [B]C(O)(O)C(O)(NSc1ccc(Nc2ncc(C3CC(CC(=O)NC4(C)CC4)C3)cn2)c(F)c1)C(O)(O)O. The van der Waals surface area contributed by atoms with Gasteiger partial charge in [0.25, 0.3) is 5.72 Å². The first-order valence-electron chi connectivity index (χ1n) is 11.9. The molecule has 9 N–H and O–H groups in total. The number of halogens is 1. The molecule has 2 aromatic rings. The Labute approximate surface area is 223 Å². The number of anilines is 2. The fourth-order valence-electron chi connectivity index (χ4n) is 4.05. The number of amides is 1. The zero-order chi connectivity index (χ0) is 27.9. The number of carbonyl (C=O) groups excluding carboxylic acids is 1. The topological polar surface area (TPSA) is 200 Å². The molecule has 0 bridgehead atoms. The van der Waals surface area contributed by atoms with Crippen LogP contribution in [0, 0.1) is 11.7 Å². The Kier molecular flexibility index (Phi) is 7.77. The van der Waals surface area contributed by atoms with Gasteiger partial charge >= 0.3 is 5.97 Å². The van der Waals surface area contributed by atoms with Gasteiger partial charge in [-0.15, -0.1) is 0 Å². The summed E-state index contributed by atoms with van der Waals surface area (Å²) in [6.07, 6.45) is 7.64. The summed E-state index contributed by atoms with van der Waals surface area (Å²) in [6, 6.07) is 3.62. The number of carbonyl (C=O) groups is 1. The van der Waals surface area contributed by atoms with Gasteiger partial charge < -0.3 is 41.3 Å². The van der Waals surface area contributed by atoms with E-state index in [0.29, 0.717) is 24.3 Å². The first kappa shape index (κ1) is 28.6. The lowest BCUT2D eigenvalue weighted by Crippen LogP contribution is -2.74. The average Bonchev–Trinajstić information content (AvgIpc) is 3.51. The minimum absolute atomic E-state index is 0.00903. The highest BCUT2D eigenvalue weighted by Crippen LogP contribution is 2.43. The summed E-state index contributed by atoms with van der Waals surface area (Å²) in [7, 11) is 4.88. The summed E-state index contributed by atoms with van der Waals surface area (Å²) in [6.45, 7) is 2.05. The lowest BCUT2D eigenvalue weighted by Gasteiger charge is -2.42. The second kappa shape index (κ2) is 10.3. The summed E-state index contributed by atoms with van der Waals surface area (Å²) in [5.74, 6) is -4.00. The molecule has 1 heterocycles. The Balaban J connectivity index is 1.29. The van der Waals surface area contributed by atoms with Gasteiger partial charge in [-0.05, 0) is 80.2 Å². The molecule has 1 aromatic carbocycles. The fraction of sp³-hybridized carbons (Fsp3) is 0.522. The number of nitrogens with zero attached hydrogens (tertiary/aromatic N) is 2. The van der Waals surface area contributed by atoms with E-state index in [4.69, 9.17) is 7.85 Å². The first-order chi connectivity index (χ1) is 17.6. The van der Waals surface area contributed by atoms with Crippen molar-refractivity contribution in [1.82, 2.24) is 20.0 Å². The van der Waals surface area contributed by atoms with Crippen LogP contribution < -0.4 is 15.4 Å². The predicted molar refractivity (Wildman–Crippen MR) is 134 cm³/mol. The van der Waals surface area contributed by atoms with Gasteiger partial charge in [0.1, 0.15) is 5.82 Å². The molecule has 1 atom stereocenters. The molecule has 2 fully saturated rings. The number of nitrogens with one attached hydrogen (secondary N) is 3. The maximum atomic E-state index is 14.6. The van der Waals surface area contributed by atoms with Crippen molar-refractivity contribution in [1.29, 1.82) is 0 Å². The van der Waals surface area contributed by atoms with Crippen LogP contribution in [0.25, 0.3) is 0 Å². The van der Waals surface area contributed by atoms with Crippen LogP contribution in [0.4, 0.5) is 16.0 Å². The zero-order valence-electron chi connectivity index (χ0n) is 20.4. The van der Waals surface area contributed by atoms with E-state index < -0.39 is 23.2 Å². The molecule has 204 valence electrons. The van der Waals surface area contributed by atoms with Crippen molar-refractivity contribution < 1.29 is 39.8 Å². The van der Waals surface area contributed by atoms with Crippen LogP contribution in [0.1, 0.15) is 50.5 Å². The molecule has 2 aliphatic rings. The second-order valence-electron chi connectivity index (χ2n) is 10.2. The molecule has 4 rings (SSSR count). The van der Waals surface area contributed by atoms with E-state index in [0.717, 1.165) is 37.3 Å². The van der Waals surface area contributed by atoms with E-state index in [9.17, 15) is 39.8 Å². The van der Waals surface area contributed by atoms with Crippen molar-refractivity contribution in [3.8, 4) is 0 Å². The Morgan fingerprint density at radius 1 is 1.16 bits per heavy atom. The molecular weight excluding hydrogens is 520 g/mol. The summed E-state index contributed by atoms with van der Waals surface area (Å²) < 4.78 is 16.4. The highest BCUT2D eigenvalue weighted by Gasteiger charge is 2.59. The Hall–Kier alpha value is -2.37. The molecule has 0 aliphatic heterocycles. The molecule has 2 aliphatic carbocycles. The molecule has 38 heavy (non-hydrogen) atoms. The predicted octanol–water partition coefficient (Wildman–Crippen LogP) is -0.365. The highest BCUT2D eigenvalue weighted by atomic mass is 32.2. The molecular formula is C23H29BFN5O7S. The zero-order valence-corrected chi connectivity index (χ0v) is 21.2. The normalized spacial score (nSPS) is 22.2. The van der Waals surface area contributed by atoms with Crippen molar-refractivity contribution in [2.45, 2.75) is 72.8 Å². The van der Waals surface area contributed by atoms with Crippen LogP contribution in [0.5, 0.6) is 0 Å².